The van der Waals surface area contributed by atoms with Crippen molar-refractivity contribution in [2.75, 3.05) is 19.7 Å². The molecule has 2 aliphatic heterocycles. The molecule has 4 rings (SSSR count). The van der Waals surface area contributed by atoms with E-state index in [0.29, 0.717) is 53.7 Å². The Balaban J connectivity index is 1.47. The highest BCUT2D eigenvalue weighted by molar-refractivity contribution is 6.36. The van der Waals surface area contributed by atoms with Gasteiger partial charge in [0.15, 0.2) is 0 Å². The van der Waals surface area contributed by atoms with Gasteiger partial charge in [0.2, 0.25) is 6.29 Å². The standard InChI is InChI=1S/C23H23Cl2NO4/c24-17-6-7-18(19(25)13-17)22(28)26-10-8-23(15-26,9-11-27)20-14-29-21(30-20)12-16-4-2-1-3-5-16/h1-7,13-14,21,27H,8-12,15H2. The molecule has 0 aliphatic carbocycles. The van der Waals surface area contributed by atoms with Crippen molar-refractivity contribution in [3.63, 3.8) is 0 Å². The fourth-order valence-electron chi connectivity index (χ4n) is 4.10. The average molecular weight is 448 g/mol. The third kappa shape index (κ3) is 4.29. The van der Waals surface area contributed by atoms with E-state index in [2.05, 4.69) is 0 Å². The first-order chi connectivity index (χ1) is 14.5. The van der Waals surface area contributed by atoms with Crippen LogP contribution in [0.5, 0.6) is 0 Å². The fourth-order valence-corrected chi connectivity index (χ4v) is 4.59. The summed E-state index contributed by atoms with van der Waals surface area (Å²) in [6.45, 7) is 0.966. The zero-order valence-electron chi connectivity index (χ0n) is 16.4. The van der Waals surface area contributed by atoms with E-state index in [1.807, 2.05) is 30.3 Å². The summed E-state index contributed by atoms with van der Waals surface area (Å²) in [4.78, 5) is 14.8. The Morgan fingerprint density at radius 1 is 1.20 bits per heavy atom. The topological polar surface area (TPSA) is 59.0 Å². The quantitative estimate of drug-likeness (QED) is 0.698. The van der Waals surface area contributed by atoms with Crippen LogP contribution in [-0.4, -0.2) is 41.9 Å². The van der Waals surface area contributed by atoms with Crippen molar-refractivity contribution in [1.29, 1.82) is 0 Å². The molecule has 2 unspecified atom stereocenters. The molecule has 1 amide bonds. The highest BCUT2D eigenvalue weighted by Crippen LogP contribution is 2.44. The van der Waals surface area contributed by atoms with Crippen LogP contribution in [0.2, 0.25) is 10.0 Å². The van der Waals surface area contributed by atoms with Crippen molar-refractivity contribution >= 4 is 29.1 Å². The minimum absolute atomic E-state index is 0.00617. The van der Waals surface area contributed by atoms with Crippen molar-refractivity contribution < 1.29 is 19.4 Å². The maximum absolute atomic E-state index is 13.0. The van der Waals surface area contributed by atoms with Gasteiger partial charge in [-0.25, -0.2) is 0 Å². The van der Waals surface area contributed by atoms with E-state index in [4.69, 9.17) is 32.7 Å². The molecule has 0 radical (unpaired) electrons. The minimum atomic E-state index is -0.477. The zero-order valence-corrected chi connectivity index (χ0v) is 17.9. The van der Waals surface area contributed by atoms with Crippen LogP contribution in [0.4, 0.5) is 0 Å². The van der Waals surface area contributed by atoms with Crippen LogP contribution in [0, 0.1) is 5.41 Å². The van der Waals surface area contributed by atoms with Crippen molar-refractivity contribution in [2.24, 2.45) is 5.41 Å². The molecule has 2 atom stereocenters. The van der Waals surface area contributed by atoms with Gasteiger partial charge in [0.05, 0.1) is 16.0 Å². The Kier molecular flexibility index (Phi) is 6.23. The van der Waals surface area contributed by atoms with Crippen molar-refractivity contribution in [2.45, 2.75) is 25.6 Å². The van der Waals surface area contributed by atoms with E-state index in [1.54, 1.807) is 29.4 Å². The van der Waals surface area contributed by atoms with E-state index >= 15 is 0 Å². The lowest BCUT2D eigenvalue weighted by Crippen LogP contribution is -2.34. The first-order valence-electron chi connectivity index (χ1n) is 9.93. The Bertz CT molecular complexity index is 949. The number of hydrogen-bond acceptors (Lipinski definition) is 4. The van der Waals surface area contributed by atoms with Gasteiger partial charge in [0.1, 0.15) is 12.0 Å². The molecule has 0 aromatic heterocycles. The largest absolute Gasteiger partial charge is 0.459 e. The van der Waals surface area contributed by atoms with E-state index in [-0.39, 0.29) is 12.5 Å². The number of aliphatic hydroxyl groups is 1. The molecule has 2 aromatic rings. The van der Waals surface area contributed by atoms with E-state index < -0.39 is 11.7 Å². The minimum Gasteiger partial charge on any atom is -0.459 e. The highest BCUT2D eigenvalue weighted by Gasteiger charge is 2.46. The van der Waals surface area contributed by atoms with Crippen LogP contribution in [0.1, 0.15) is 28.8 Å². The third-order valence-electron chi connectivity index (χ3n) is 5.75. The maximum atomic E-state index is 13.0. The number of nitrogens with zero attached hydrogens (tertiary/aromatic N) is 1. The summed E-state index contributed by atoms with van der Waals surface area (Å²) < 4.78 is 11.9. The SMILES string of the molecule is O=C(c1ccc(Cl)cc1Cl)N1CCC(CCO)(C2=COC(Cc3ccccc3)O2)C1. The van der Waals surface area contributed by atoms with Gasteiger partial charge < -0.3 is 19.5 Å². The van der Waals surface area contributed by atoms with Gasteiger partial charge >= 0.3 is 0 Å². The van der Waals surface area contributed by atoms with Gasteiger partial charge in [-0.3, -0.25) is 4.79 Å². The predicted molar refractivity (Wildman–Crippen MR) is 115 cm³/mol. The molecular formula is C23H23Cl2NO4. The Morgan fingerprint density at radius 2 is 2.00 bits per heavy atom. The van der Waals surface area contributed by atoms with Crippen LogP contribution in [0.3, 0.4) is 0 Å². The zero-order chi connectivity index (χ0) is 21.1. The number of carbonyl (C=O) groups excluding carboxylic acids is 1. The second-order valence-electron chi connectivity index (χ2n) is 7.71. The number of likely N-dealkylation sites (tertiary alicyclic amines) is 1. The first kappa shape index (κ1) is 21.0. The summed E-state index contributed by atoms with van der Waals surface area (Å²) in [6.07, 6.45) is 3.02. The summed E-state index contributed by atoms with van der Waals surface area (Å²) in [7, 11) is 0. The van der Waals surface area contributed by atoms with Crippen LogP contribution >= 0.6 is 23.2 Å². The van der Waals surface area contributed by atoms with Crippen LogP contribution in [0.15, 0.2) is 60.6 Å². The number of rotatable bonds is 6. The fraction of sp³-hybridized carbons (Fsp3) is 0.348. The van der Waals surface area contributed by atoms with Gasteiger partial charge in [0.25, 0.3) is 5.91 Å². The van der Waals surface area contributed by atoms with Crippen molar-refractivity contribution in [3.8, 4) is 0 Å². The molecule has 0 bridgehead atoms. The molecule has 1 saturated heterocycles. The average Bonchev–Trinajstić information content (AvgIpc) is 3.37. The predicted octanol–water partition coefficient (Wildman–Crippen LogP) is 4.67. The van der Waals surface area contributed by atoms with E-state index in [1.165, 1.54) is 0 Å². The molecule has 1 N–H and O–H groups in total. The Morgan fingerprint density at radius 3 is 2.73 bits per heavy atom. The number of carbonyl (C=O) groups is 1. The van der Waals surface area contributed by atoms with Crippen LogP contribution < -0.4 is 0 Å². The lowest BCUT2D eigenvalue weighted by molar-refractivity contribution is -0.0456. The Labute approximate surface area is 185 Å². The summed E-state index contributed by atoms with van der Waals surface area (Å²) in [5.41, 5.74) is 1.06. The van der Waals surface area contributed by atoms with Crippen LogP contribution in [-0.2, 0) is 15.9 Å². The van der Waals surface area contributed by atoms with Crippen molar-refractivity contribution in [3.05, 3.63) is 81.7 Å². The van der Waals surface area contributed by atoms with Gasteiger partial charge in [-0.1, -0.05) is 53.5 Å². The number of hydrogen-bond donors (Lipinski definition) is 1. The third-order valence-corrected chi connectivity index (χ3v) is 6.29. The van der Waals surface area contributed by atoms with Crippen molar-refractivity contribution in [1.82, 2.24) is 4.90 Å². The Hall–Kier alpha value is -2.21. The second kappa shape index (κ2) is 8.88. The number of halogens is 2. The molecule has 158 valence electrons. The number of aliphatic hydroxyl groups excluding tert-OH is 1. The lowest BCUT2D eigenvalue weighted by Gasteiger charge is -2.29. The molecule has 2 heterocycles. The molecule has 2 aliphatic rings. The number of ether oxygens (including phenoxy) is 2. The molecule has 1 fully saturated rings. The van der Waals surface area contributed by atoms with Gasteiger partial charge in [-0.05, 0) is 36.6 Å². The smallest absolute Gasteiger partial charge is 0.255 e. The summed E-state index contributed by atoms with van der Waals surface area (Å²) in [6, 6.07) is 14.9. The highest BCUT2D eigenvalue weighted by atomic mass is 35.5. The molecule has 2 aromatic carbocycles. The van der Waals surface area contributed by atoms with E-state index in [0.717, 1.165) is 5.56 Å². The monoisotopic (exact) mass is 447 g/mol. The number of amides is 1. The first-order valence-corrected chi connectivity index (χ1v) is 10.7. The lowest BCUT2D eigenvalue weighted by atomic mass is 9.82. The van der Waals surface area contributed by atoms with E-state index in [9.17, 15) is 9.90 Å². The van der Waals surface area contributed by atoms with Crippen LogP contribution in [0.25, 0.3) is 0 Å². The molecule has 7 heteroatoms. The van der Waals surface area contributed by atoms with Gasteiger partial charge in [0, 0.05) is 31.1 Å². The summed E-state index contributed by atoms with van der Waals surface area (Å²) >= 11 is 12.2. The van der Waals surface area contributed by atoms with Gasteiger partial charge in [-0.2, -0.15) is 0 Å². The molecular weight excluding hydrogens is 425 g/mol. The second-order valence-corrected chi connectivity index (χ2v) is 8.55. The normalized spacial score (nSPS) is 23.1. The van der Waals surface area contributed by atoms with Gasteiger partial charge in [-0.15, -0.1) is 0 Å². The molecule has 0 spiro atoms. The maximum Gasteiger partial charge on any atom is 0.255 e. The summed E-state index contributed by atoms with van der Waals surface area (Å²) in [5.74, 6) is 0.534. The molecule has 0 saturated carbocycles. The molecule has 5 nitrogen and oxygen atoms in total. The number of benzene rings is 2. The molecule has 30 heavy (non-hydrogen) atoms. The summed E-state index contributed by atoms with van der Waals surface area (Å²) in [5, 5.41) is 10.5.